The van der Waals surface area contributed by atoms with Gasteiger partial charge in [0.15, 0.2) is 0 Å². The molecule has 1 aromatic carbocycles. The Morgan fingerprint density at radius 2 is 1.92 bits per heavy atom. The molecule has 3 rings (SSSR count). The normalized spacial score (nSPS) is 14.6. The summed E-state index contributed by atoms with van der Waals surface area (Å²) in [5.41, 5.74) is 3.28. The van der Waals surface area contributed by atoms with Crippen molar-refractivity contribution in [2.24, 2.45) is 0 Å². The van der Waals surface area contributed by atoms with E-state index in [4.69, 9.17) is 0 Å². The first-order valence-electron chi connectivity index (χ1n) is 8.02. The molecule has 5 nitrogen and oxygen atoms in total. The summed E-state index contributed by atoms with van der Waals surface area (Å²) in [5.74, 6) is -0.671. The van der Waals surface area contributed by atoms with Gasteiger partial charge in [0.05, 0.1) is 17.9 Å². The molecule has 0 spiro atoms. The van der Waals surface area contributed by atoms with E-state index < -0.39 is 0 Å². The molecule has 0 saturated carbocycles. The van der Waals surface area contributed by atoms with E-state index in [-0.39, 0.29) is 25.0 Å². The Kier molecular flexibility index (Phi) is 4.74. The van der Waals surface area contributed by atoms with Gasteiger partial charge in [-0.2, -0.15) is 0 Å². The average molecular weight is 356 g/mol. The summed E-state index contributed by atoms with van der Waals surface area (Å²) in [6.45, 7) is 4.05. The topological polar surface area (TPSA) is 60.9 Å². The minimum absolute atomic E-state index is 0.0945. The molecule has 130 valence electrons. The second-order valence-electron chi connectivity index (χ2n) is 6.08. The lowest BCUT2D eigenvalue weighted by Crippen LogP contribution is -2.35. The number of amides is 2. The quantitative estimate of drug-likeness (QED) is 0.837. The van der Waals surface area contributed by atoms with Crippen LogP contribution in [0, 0.1) is 13.8 Å². The number of thiophene rings is 1. The van der Waals surface area contributed by atoms with E-state index in [1.54, 1.807) is 11.9 Å². The molecule has 1 N–H and O–H groups in total. The molecule has 0 bridgehead atoms. The minimum Gasteiger partial charge on any atom is -0.395 e. The predicted molar refractivity (Wildman–Crippen MR) is 99.4 cm³/mol. The molecule has 6 heteroatoms. The number of aryl methyl sites for hydroxylation is 2. The molecule has 1 aliphatic heterocycles. The first-order chi connectivity index (χ1) is 12.0. The molecule has 2 amide bonds. The molecule has 0 aliphatic carbocycles. The smallest absolute Gasteiger partial charge is 0.282 e. The molecule has 0 unspecified atom stereocenters. The number of carbonyl (C=O) groups excluding carboxylic acids is 2. The lowest BCUT2D eigenvalue weighted by molar-refractivity contribution is -0.120. The summed E-state index contributed by atoms with van der Waals surface area (Å²) in [7, 11) is 1.72. The lowest BCUT2D eigenvalue weighted by atomic mass is 10.1. The number of benzene rings is 1. The Hall–Kier alpha value is -2.44. The maximum atomic E-state index is 13.1. The third-order valence-electron chi connectivity index (χ3n) is 4.24. The summed E-state index contributed by atoms with van der Waals surface area (Å²) in [4.78, 5) is 29.9. The molecule has 25 heavy (non-hydrogen) atoms. The third-order valence-corrected chi connectivity index (χ3v) is 5.12. The highest BCUT2D eigenvalue weighted by molar-refractivity contribution is 7.11. The van der Waals surface area contributed by atoms with Gasteiger partial charge in [0.25, 0.3) is 11.8 Å². The highest BCUT2D eigenvalue weighted by atomic mass is 32.1. The van der Waals surface area contributed by atoms with Crippen molar-refractivity contribution in [2.75, 3.05) is 25.1 Å². The Morgan fingerprint density at radius 1 is 1.16 bits per heavy atom. The number of carbonyl (C=O) groups is 2. The summed E-state index contributed by atoms with van der Waals surface area (Å²) >= 11 is 1.42. The van der Waals surface area contributed by atoms with Crippen molar-refractivity contribution in [1.82, 2.24) is 4.90 Å². The highest BCUT2D eigenvalue weighted by Crippen LogP contribution is 2.37. The fourth-order valence-corrected chi connectivity index (χ4v) is 3.81. The van der Waals surface area contributed by atoms with E-state index in [9.17, 15) is 14.7 Å². The molecule has 0 radical (unpaired) electrons. The molecule has 0 atom stereocenters. The van der Waals surface area contributed by atoms with Crippen LogP contribution in [0.25, 0.3) is 5.57 Å². The van der Waals surface area contributed by atoms with Crippen LogP contribution in [0.2, 0.25) is 0 Å². The standard InChI is InChI=1S/C19H20N2O3S/c1-12-6-7-14(13(2)11-12)21-18(23)16(15-5-4-10-25-15)17(19(21)24)20(3)8-9-22/h4-7,10-11,22H,8-9H2,1-3H3. The molecule has 1 aromatic heterocycles. The van der Waals surface area contributed by atoms with Gasteiger partial charge in [0.2, 0.25) is 0 Å². The van der Waals surface area contributed by atoms with Gasteiger partial charge in [-0.15, -0.1) is 11.3 Å². The van der Waals surface area contributed by atoms with Crippen molar-refractivity contribution < 1.29 is 14.7 Å². The number of imide groups is 1. The first kappa shape index (κ1) is 17.4. The maximum absolute atomic E-state index is 13.1. The van der Waals surface area contributed by atoms with Crippen LogP contribution in [0.1, 0.15) is 16.0 Å². The van der Waals surface area contributed by atoms with Crippen LogP contribution >= 0.6 is 11.3 Å². The molecule has 1 aliphatic rings. The minimum atomic E-state index is -0.351. The monoisotopic (exact) mass is 356 g/mol. The van der Waals surface area contributed by atoms with Crippen molar-refractivity contribution in [3.05, 3.63) is 57.4 Å². The van der Waals surface area contributed by atoms with Gasteiger partial charge in [0, 0.05) is 18.5 Å². The molecule has 2 aromatic rings. The SMILES string of the molecule is Cc1ccc(N2C(=O)C(c3cccs3)=C(N(C)CCO)C2=O)c(C)c1. The van der Waals surface area contributed by atoms with Crippen LogP contribution in [0.5, 0.6) is 0 Å². The van der Waals surface area contributed by atoms with Gasteiger partial charge in [-0.25, -0.2) is 4.90 Å². The molecule has 2 heterocycles. The Balaban J connectivity index is 2.12. The van der Waals surface area contributed by atoms with E-state index in [1.165, 1.54) is 16.2 Å². The third kappa shape index (κ3) is 2.99. The zero-order valence-corrected chi connectivity index (χ0v) is 15.3. The number of hydrogen-bond donors (Lipinski definition) is 1. The Bertz CT molecular complexity index is 856. The fraction of sp³-hybridized carbons (Fsp3) is 0.263. The second-order valence-corrected chi connectivity index (χ2v) is 7.03. The van der Waals surface area contributed by atoms with Gasteiger partial charge in [0.1, 0.15) is 5.70 Å². The zero-order chi connectivity index (χ0) is 18.1. The highest BCUT2D eigenvalue weighted by Gasteiger charge is 2.42. The molecule has 0 saturated heterocycles. The van der Waals surface area contributed by atoms with Gasteiger partial charge in [-0.05, 0) is 36.9 Å². The molecule has 0 fully saturated rings. The number of hydrogen-bond acceptors (Lipinski definition) is 5. The summed E-state index contributed by atoms with van der Waals surface area (Å²) in [5, 5.41) is 11.1. The largest absolute Gasteiger partial charge is 0.395 e. The zero-order valence-electron chi connectivity index (χ0n) is 14.4. The fourth-order valence-electron chi connectivity index (χ4n) is 3.05. The number of aliphatic hydroxyl groups is 1. The average Bonchev–Trinajstić information content (AvgIpc) is 3.15. The van der Waals surface area contributed by atoms with Crippen LogP contribution in [0.15, 0.2) is 41.4 Å². The number of rotatable bonds is 5. The predicted octanol–water partition coefficient (Wildman–Crippen LogP) is 2.57. The second kappa shape index (κ2) is 6.82. The van der Waals surface area contributed by atoms with Gasteiger partial charge >= 0.3 is 0 Å². The van der Waals surface area contributed by atoms with Crippen molar-refractivity contribution in [2.45, 2.75) is 13.8 Å². The van der Waals surface area contributed by atoms with Crippen LogP contribution in [-0.2, 0) is 9.59 Å². The number of aliphatic hydroxyl groups excluding tert-OH is 1. The van der Waals surface area contributed by atoms with E-state index >= 15 is 0 Å². The van der Waals surface area contributed by atoms with Crippen LogP contribution in [0.3, 0.4) is 0 Å². The van der Waals surface area contributed by atoms with E-state index in [0.717, 1.165) is 16.0 Å². The van der Waals surface area contributed by atoms with Gasteiger partial charge in [-0.3, -0.25) is 9.59 Å². The molecular weight excluding hydrogens is 336 g/mol. The van der Waals surface area contributed by atoms with Crippen LogP contribution < -0.4 is 4.90 Å². The van der Waals surface area contributed by atoms with Gasteiger partial charge < -0.3 is 10.0 Å². The van der Waals surface area contributed by atoms with E-state index in [2.05, 4.69) is 0 Å². The van der Waals surface area contributed by atoms with Crippen LogP contribution in [-0.4, -0.2) is 42.0 Å². The van der Waals surface area contributed by atoms with E-state index in [0.29, 0.717) is 17.0 Å². The summed E-state index contributed by atoms with van der Waals surface area (Å²) in [6.07, 6.45) is 0. The summed E-state index contributed by atoms with van der Waals surface area (Å²) < 4.78 is 0. The number of nitrogens with zero attached hydrogens (tertiary/aromatic N) is 2. The van der Waals surface area contributed by atoms with Crippen molar-refractivity contribution in [1.29, 1.82) is 0 Å². The number of likely N-dealkylation sites (N-methyl/N-ethyl adjacent to an activating group) is 1. The Labute approximate surface area is 150 Å². The summed E-state index contributed by atoms with van der Waals surface area (Å²) in [6, 6.07) is 9.35. The van der Waals surface area contributed by atoms with Gasteiger partial charge in [-0.1, -0.05) is 23.8 Å². The van der Waals surface area contributed by atoms with Crippen molar-refractivity contribution >= 4 is 34.4 Å². The van der Waals surface area contributed by atoms with Crippen molar-refractivity contribution in [3.8, 4) is 0 Å². The molecular formula is C19H20N2O3S. The number of anilines is 1. The lowest BCUT2D eigenvalue weighted by Gasteiger charge is -2.21. The van der Waals surface area contributed by atoms with Crippen LogP contribution in [0.4, 0.5) is 5.69 Å². The van der Waals surface area contributed by atoms with E-state index in [1.807, 2.05) is 49.6 Å². The Morgan fingerprint density at radius 3 is 2.52 bits per heavy atom. The van der Waals surface area contributed by atoms with Crippen molar-refractivity contribution in [3.63, 3.8) is 0 Å². The maximum Gasteiger partial charge on any atom is 0.282 e. The first-order valence-corrected chi connectivity index (χ1v) is 8.90.